The Kier molecular flexibility index (Phi) is 6.98. The van der Waals surface area contributed by atoms with Crippen molar-refractivity contribution in [3.63, 3.8) is 0 Å². The van der Waals surface area contributed by atoms with Crippen molar-refractivity contribution in [2.75, 3.05) is 13.1 Å². The Labute approximate surface area is 164 Å². The number of carbonyl (C=O) groups is 2. The van der Waals surface area contributed by atoms with Crippen LogP contribution in [0.1, 0.15) is 48.9 Å². The Hall–Kier alpha value is -2.21. The molecule has 1 fully saturated rings. The molecule has 2 heterocycles. The first kappa shape index (κ1) is 19.5. The number of carbonyl (C=O) groups excluding carboxylic acids is 2. The number of piperidine rings is 1. The molecule has 0 spiro atoms. The van der Waals surface area contributed by atoms with Crippen LogP contribution >= 0.6 is 11.8 Å². The number of benzene rings is 1. The lowest BCUT2D eigenvalue weighted by Crippen LogP contribution is -2.45. The van der Waals surface area contributed by atoms with Crippen molar-refractivity contribution in [1.82, 2.24) is 10.2 Å². The molecule has 0 saturated carbocycles. The molecule has 1 atom stereocenters. The van der Waals surface area contributed by atoms with E-state index in [0.717, 1.165) is 38.0 Å². The van der Waals surface area contributed by atoms with Gasteiger partial charge in [0.2, 0.25) is 5.91 Å². The standard InChI is InChI=1S/C21H26N2O3S/c1-16(24)22-13-12-17-7-5-6-14-23(17)21(25)20-11-10-18(26-20)15-27-19-8-3-2-4-9-19/h2-4,8-11,17H,5-7,12-15H2,1H3,(H,22,24)/t17-/m0/s1. The number of amides is 2. The van der Waals surface area contributed by atoms with Crippen molar-refractivity contribution in [1.29, 1.82) is 0 Å². The minimum atomic E-state index is -0.0431. The van der Waals surface area contributed by atoms with Gasteiger partial charge in [-0.1, -0.05) is 18.2 Å². The van der Waals surface area contributed by atoms with Gasteiger partial charge in [-0.3, -0.25) is 9.59 Å². The molecule has 1 N–H and O–H groups in total. The lowest BCUT2D eigenvalue weighted by Gasteiger charge is -2.35. The predicted molar refractivity (Wildman–Crippen MR) is 107 cm³/mol. The van der Waals surface area contributed by atoms with Gasteiger partial charge in [0, 0.05) is 31.0 Å². The maximum Gasteiger partial charge on any atom is 0.289 e. The smallest absolute Gasteiger partial charge is 0.289 e. The number of furan rings is 1. The van der Waals surface area contributed by atoms with Gasteiger partial charge in [0.25, 0.3) is 5.91 Å². The highest BCUT2D eigenvalue weighted by atomic mass is 32.2. The van der Waals surface area contributed by atoms with Crippen LogP contribution in [0.5, 0.6) is 0 Å². The molecular weight excluding hydrogens is 360 g/mol. The Morgan fingerprint density at radius 3 is 2.78 bits per heavy atom. The molecule has 2 amide bonds. The highest BCUT2D eigenvalue weighted by Crippen LogP contribution is 2.26. The molecular formula is C21H26N2O3S. The third-order valence-electron chi connectivity index (χ3n) is 4.74. The summed E-state index contributed by atoms with van der Waals surface area (Å²) in [5.74, 6) is 1.83. The number of nitrogens with zero attached hydrogens (tertiary/aromatic N) is 1. The summed E-state index contributed by atoms with van der Waals surface area (Å²) in [6, 6.07) is 14.0. The van der Waals surface area contributed by atoms with E-state index in [1.54, 1.807) is 17.8 Å². The fourth-order valence-corrected chi connectivity index (χ4v) is 4.18. The molecule has 0 bridgehead atoms. The van der Waals surface area contributed by atoms with Crippen LogP contribution in [0.15, 0.2) is 51.8 Å². The van der Waals surface area contributed by atoms with E-state index in [1.807, 2.05) is 29.2 Å². The molecule has 1 aromatic heterocycles. The summed E-state index contributed by atoms with van der Waals surface area (Å²) in [4.78, 5) is 27.1. The zero-order valence-electron chi connectivity index (χ0n) is 15.6. The van der Waals surface area contributed by atoms with Crippen LogP contribution in [-0.2, 0) is 10.5 Å². The van der Waals surface area contributed by atoms with Gasteiger partial charge in [0.05, 0.1) is 5.75 Å². The Morgan fingerprint density at radius 2 is 2.00 bits per heavy atom. The van der Waals surface area contributed by atoms with E-state index in [1.165, 1.54) is 11.8 Å². The number of hydrogen-bond donors (Lipinski definition) is 1. The highest BCUT2D eigenvalue weighted by molar-refractivity contribution is 7.98. The van der Waals surface area contributed by atoms with E-state index in [-0.39, 0.29) is 17.9 Å². The molecule has 0 radical (unpaired) electrons. The van der Waals surface area contributed by atoms with Crippen molar-refractivity contribution < 1.29 is 14.0 Å². The first-order valence-electron chi connectivity index (χ1n) is 9.45. The van der Waals surface area contributed by atoms with Crippen molar-refractivity contribution >= 4 is 23.6 Å². The number of hydrogen-bond acceptors (Lipinski definition) is 4. The summed E-state index contributed by atoms with van der Waals surface area (Å²) >= 11 is 1.69. The van der Waals surface area contributed by atoms with Crippen LogP contribution in [0.25, 0.3) is 0 Å². The van der Waals surface area contributed by atoms with Crippen molar-refractivity contribution in [2.24, 2.45) is 0 Å². The second kappa shape index (κ2) is 9.65. The van der Waals surface area contributed by atoms with Gasteiger partial charge in [0.15, 0.2) is 5.76 Å². The molecule has 5 nitrogen and oxygen atoms in total. The predicted octanol–water partition coefficient (Wildman–Crippen LogP) is 4.09. The topological polar surface area (TPSA) is 62.6 Å². The van der Waals surface area contributed by atoms with Crippen LogP contribution in [0, 0.1) is 0 Å². The Balaban J connectivity index is 1.58. The van der Waals surface area contributed by atoms with Crippen molar-refractivity contribution in [3.8, 4) is 0 Å². The summed E-state index contributed by atoms with van der Waals surface area (Å²) in [5, 5.41) is 2.83. The molecule has 1 aliphatic heterocycles. The van der Waals surface area contributed by atoms with E-state index in [2.05, 4.69) is 17.4 Å². The molecule has 3 rings (SSSR count). The van der Waals surface area contributed by atoms with Crippen LogP contribution in [0.2, 0.25) is 0 Å². The second-order valence-corrected chi connectivity index (χ2v) is 7.84. The number of thioether (sulfide) groups is 1. The first-order chi connectivity index (χ1) is 13.1. The summed E-state index contributed by atoms with van der Waals surface area (Å²) in [6.07, 6.45) is 3.89. The van der Waals surface area contributed by atoms with E-state index in [0.29, 0.717) is 18.1 Å². The zero-order chi connectivity index (χ0) is 19.1. The lowest BCUT2D eigenvalue weighted by atomic mass is 9.99. The molecule has 1 aromatic carbocycles. The van der Waals surface area contributed by atoms with Gasteiger partial charge in [-0.2, -0.15) is 0 Å². The average molecular weight is 387 g/mol. The fraction of sp³-hybridized carbons (Fsp3) is 0.429. The van der Waals surface area contributed by atoms with E-state index in [4.69, 9.17) is 4.42 Å². The maximum atomic E-state index is 12.9. The van der Waals surface area contributed by atoms with Crippen LogP contribution in [0.3, 0.4) is 0 Å². The normalized spacial score (nSPS) is 16.9. The van der Waals surface area contributed by atoms with E-state index < -0.39 is 0 Å². The van der Waals surface area contributed by atoms with E-state index in [9.17, 15) is 9.59 Å². The summed E-state index contributed by atoms with van der Waals surface area (Å²) in [5.41, 5.74) is 0. The third-order valence-corrected chi connectivity index (χ3v) is 5.77. The van der Waals surface area contributed by atoms with Gasteiger partial charge in [-0.05, 0) is 49.9 Å². The van der Waals surface area contributed by atoms with Crippen molar-refractivity contribution in [2.45, 2.75) is 49.3 Å². The summed E-state index contributed by atoms with van der Waals surface area (Å²) < 4.78 is 5.83. The molecule has 1 saturated heterocycles. The highest BCUT2D eigenvalue weighted by Gasteiger charge is 2.29. The summed E-state index contributed by atoms with van der Waals surface area (Å²) in [6.45, 7) is 2.86. The number of likely N-dealkylation sites (tertiary alicyclic amines) is 1. The third kappa shape index (κ3) is 5.63. The van der Waals surface area contributed by atoms with Crippen LogP contribution < -0.4 is 5.32 Å². The lowest BCUT2D eigenvalue weighted by molar-refractivity contribution is -0.119. The SMILES string of the molecule is CC(=O)NCC[C@@H]1CCCCN1C(=O)c1ccc(CSc2ccccc2)o1. The summed E-state index contributed by atoms with van der Waals surface area (Å²) in [7, 11) is 0. The molecule has 6 heteroatoms. The first-order valence-corrected chi connectivity index (χ1v) is 10.4. The zero-order valence-corrected chi connectivity index (χ0v) is 16.5. The monoisotopic (exact) mass is 386 g/mol. The minimum absolute atomic E-state index is 0.0321. The van der Waals surface area contributed by atoms with Gasteiger partial charge >= 0.3 is 0 Å². The Bertz CT molecular complexity index is 760. The van der Waals surface area contributed by atoms with Gasteiger partial charge in [-0.15, -0.1) is 11.8 Å². The van der Waals surface area contributed by atoms with Crippen LogP contribution in [-0.4, -0.2) is 35.8 Å². The second-order valence-electron chi connectivity index (χ2n) is 6.79. The maximum absolute atomic E-state index is 12.9. The average Bonchev–Trinajstić information content (AvgIpc) is 3.16. The molecule has 144 valence electrons. The molecule has 2 aromatic rings. The largest absolute Gasteiger partial charge is 0.455 e. The van der Waals surface area contributed by atoms with Gasteiger partial charge < -0.3 is 14.6 Å². The Morgan fingerprint density at radius 1 is 1.19 bits per heavy atom. The van der Waals surface area contributed by atoms with Crippen LogP contribution in [0.4, 0.5) is 0 Å². The quantitative estimate of drug-likeness (QED) is 0.728. The minimum Gasteiger partial charge on any atom is -0.455 e. The molecule has 1 aliphatic rings. The fourth-order valence-electron chi connectivity index (χ4n) is 3.37. The van der Waals surface area contributed by atoms with Crippen molar-refractivity contribution in [3.05, 3.63) is 54.0 Å². The number of nitrogens with one attached hydrogen (secondary N) is 1. The number of rotatable bonds is 7. The van der Waals surface area contributed by atoms with Gasteiger partial charge in [-0.25, -0.2) is 0 Å². The van der Waals surface area contributed by atoms with Gasteiger partial charge in [0.1, 0.15) is 5.76 Å². The molecule has 0 aliphatic carbocycles. The van der Waals surface area contributed by atoms with E-state index >= 15 is 0 Å². The molecule has 27 heavy (non-hydrogen) atoms. The molecule has 0 unspecified atom stereocenters.